The Hall–Kier alpha value is -1.44. The second-order valence-corrected chi connectivity index (χ2v) is 7.09. The number of nitrogens with zero attached hydrogens (tertiary/aromatic N) is 3. The van der Waals surface area contributed by atoms with Crippen molar-refractivity contribution in [3.05, 3.63) is 27.2 Å². The third-order valence-corrected chi connectivity index (χ3v) is 4.67. The van der Waals surface area contributed by atoms with E-state index in [4.69, 9.17) is 16.1 Å². The lowest BCUT2D eigenvalue weighted by Crippen LogP contribution is -2.32. The third kappa shape index (κ3) is 4.06. The highest BCUT2D eigenvalue weighted by molar-refractivity contribution is 7.16. The summed E-state index contributed by atoms with van der Waals surface area (Å²) in [6.45, 7) is 3.74. The molecular weight excluding hydrogens is 324 g/mol. The minimum Gasteiger partial charge on any atom is -0.315 e. The molecule has 3 rings (SSSR count). The van der Waals surface area contributed by atoms with E-state index in [-0.39, 0.29) is 18.5 Å². The molecule has 22 heavy (non-hydrogen) atoms. The number of rotatable bonds is 7. The standard InChI is InChI=1S/C14H17ClN4O2S/c1-2-19(7-10-5-6-11(15)22-10)8-12(20)16-14-17-13(18-21-14)9-3-4-9/h5-6,9H,2-4,7-8H2,1H3,(H,16,17,18,20). The van der Waals surface area contributed by atoms with Crippen LogP contribution in [-0.4, -0.2) is 34.0 Å². The summed E-state index contributed by atoms with van der Waals surface area (Å²) in [6.07, 6.45) is 2.19. The minimum atomic E-state index is -0.157. The highest BCUT2D eigenvalue weighted by Gasteiger charge is 2.29. The lowest BCUT2D eigenvalue weighted by molar-refractivity contribution is -0.117. The molecule has 1 aliphatic carbocycles. The maximum absolute atomic E-state index is 12.1. The molecular formula is C14H17ClN4O2S. The van der Waals surface area contributed by atoms with E-state index in [0.717, 1.165) is 28.6 Å². The highest BCUT2D eigenvalue weighted by atomic mass is 35.5. The summed E-state index contributed by atoms with van der Waals surface area (Å²) in [5.74, 6) is 0.941. The number of aromatic nitrogens is 2. The van der Waals surface area contributed by atoms with Gasteiger partial charge in [-0.15, -0.1) is 11.3 Å². The van der Waals surface area contributed by atoms with Crippen LogP contribution in [0.1, 0.15) is 36.4 Å². The fourth-order valence-electron chi connectivity index (χ4n) is 2.09. The molecule has 1 amide bonds. The number of nitrogens with one attached hydrogen (secondary N) is 1. The molecule has 1 saturated carbocycles. The molecule has 2 heterocycles. The van der Waals surface area contributed by atoms with Crippen molar-refractivity contribution in [3.8, 4) is 0 Å². The second-order valence-electron chi connectivity index (χ2n) is 5.29. The van der Waals surface area contributed by atoms with Crippen molar-refractivity contribution in [2.75, 3.05) is 18.4 Å². The van der Waals surface area contributed by atoms with E-state index in [0.29, 0.717) is 18.3 Å². The number of carbonyl (C=O) groups is 1. The Morgan fingerprint density at radius 3 is 3.00 bits per heavy atom. The first-order valence-corrected chi connectivity index (χ1v) is 8.43. The lowest BCUT2D eigenvalue weighted by atomic mass is 10.4. The van der Waals surface area contributed by atoms with Gasteiger partial charge in [-0.05, 0) is 31.5 Å². The van der Waals surface area contributed by atoms with Crippen LogP contribution >= 0.6 is 22.9 Å². The molecule has 1 fully saturated rings. The number of hydrogen-bond acceptors (Lipinski definition) is 6. The number of hydrogen-bond donors (Lipinski definition) is 1. The van der Waals surface area contributed by atoms with Gasteiger partial charge in [0.2, 0.25) is 5.91 Å². The maximum Gasteiger partial charge on any atom is 0.328 e. The molecule has 0 unspecified atom stereocenters. The van der Waals surface area contributed by atoms with Gasteiger partial charge in [0.1, 0.15) is 0 Å². The van der Waals surface area contributed by atoms with Crippen LogP contribution in [0.5, 0.6) is 0 Å². The third-order valence-electron chi connectivity index (χ3n) is 3.45. The Morgan fingerprint density at radius 1 is 1.55 bits per heavy atom. The van der Waals surface area contributed by atoms with E-state index in [2.05, 4.69) is 15.5 Å². The summed E-state index contributed by atoms with van der Waals surface area (Å²) in [7, 11) is 0. The molecule has 0 bridgehead atoms. The molecule has 0 radical (unpaired) electrons. The number of halogens is 1. The zero-order valence-corrected chi connectivity index (χ0v) is 13.8. The highest BCUT2D eigenvalue weighted by Crippen LogP contribution is 2.38. The Morgan fingerprint density at radius 2 is 2.36 bits per heavy atom. The van der Waals surface area contributed by atoms with Crippen molar-refractivity contribution < 1.29 is 9.32 Å². The smallest absolute Gasteiger partial charge is 0.315 e. The molecule has 1 N–H and O–H groups in total. The van der Waals surface area contributed by atoms with Crippen LogP contribution < -0.4 is 5.32 Å². The summed E-state index contributed by atoms with van der Waals surface area (Å²) in [5.41, 5.74) is 0. The van der Waals surface area contributed by atoms with Gasteiger partial charge in [0.05, 0.1) is 10.9 Å². The summed E-state index contributed by atoms with van der Waals surface area (Å²) >= 11 is 7.45. The fraction of sp³-hybridized carbons (Fsp3) is 0.500. The van der Waals surface area contributed by atoms with E-state index >= 15 is 0 Å². The van der Waals surface area contributed by atoms with Crippen LogP contribution in [0.15, 0.2) is 16.7 Å². The van der Waals surface area contributed by atoms with Gasteiger partial charge < -0.3 is 4.52 Å². The minimum absolute atomic E-state index is 0.157. The SMILES string of the molecule is CCN(CC(=O)Nc1nc(C2CC2)no1)Cc1ccc(Cl)s1. The topological polar surface area (TPSA) is 71.3 Å². The maximum atomic E-state index is 12.1. The molecule has 2 aromatic rings. The van der Waals surface area contributed by atoms with Crippen molar-refractivity contribution in [3.63, 3.8) is 0 Å². The van der Waals surface area contributed by atoms with Gasteiger partial charge in [-0.2, -0.15) is 4.98 Å². The predicted octanol–water partition coefficient (Wildman–Crippen LogP) is 3.12. The number of thiophene rings is 1. The van der Waals surface area contributed by atoms with Crippen molar-refractivity contribution in [2.24, 2.45) is 0 Å². The van der Waals surface area contributed by atoms with Crippen molar-refractivity contribution in [1.29, 1.82) is 0 Å². The van der Waals surface area contributed by atoms with Crippen LogP contribution in [-0.2, 0) is 11.3 Å². The second kappa shape index (κ2) is 6.76. The predicted molar refractivity (Wildman–Crippen MR) is 85.2 cm³/mol. The van der Waals surface area contributed by atoms with Gasteiger partial charge in [0, 0.05) is 17.3 Å². The zero-order chi connectivity index (χ0) is 15.5. The monoisotopic (exact) mass is 340 g/mol. The van der Waals surface area contributed by atoms with Crippen LogP contribution in [0.25, 0.3) is 0 Å². The average Bonchev–Trinajstić information content (AvgIpc) is 3.11. The number of anilines is 1. The van der Waals surface area contributed by atoms with Crippen LogP contribution in [0.3, 0.4) is 0 Å². The van der Waals surface area contributed by atoms with Crippen LogP contribution in [0.2, 0.25) is 4.34 Å². The summed E-state index contributed by atoms with van der Waals surface area (Å²) in [6, 6.07) is 4.03. The van der Waals surface area contributed by atoms with E-state index in [1.807, 2.05) is 24.0 Å². The molecule has 8 heteroatoms. The quantitative estimate of drug-likeness (QED) is 0.838. The molecule has 0 saturated heterocycles. The van der Waals surface area contributed by atoms with Gasteiger partial charge in [0.25, 0.3) is 0 Å². The van der Waals surface area contributed by atoms with E-state index in [1.54, 1.807) is 0 Å². The first-order chi connectivity index (χ1) is 10.6. The Kier molecular flexibility index (Phi) is 4.75. The first kappa shape index (κ1) is 15.5. The largest absolute Gasteiger partial charge is 0.328 e. The summed E-state index contributed by atoms with van der Waals surface area (Å²) in [4.78, 5) is 19.4. The molecule has 0 aromatic carbocycles. The van der Waals surface area contributed by atoms with Crippen molar-refractivity contribution in [2.45, 2.75) is 32.2 Å². The number of likely N-dealkylation sites (N-methyl/N-ethyl adjacent to an activating group) is 1. The first-order valence-electron chi connectivity index (χ1n) is 7.24. The van der Waals surface area contributed by atoms with E-state index in [1.165, 1.54) is 11.3 Å². The van der Waals surface area contributed by atoms with Gasteiger partial charge in [-0.1, -0.05) is 23.7 Å². The fourth-order valence-corrected chi connectivity index (χ4v) is 3.22. The Balaban J connectivity index is 1.52. The summed E-state index contributed by atoms with van der Waals surface area (Å²) < 4.78 is 5.80. The summed E-state index contributed by atoms with van der Waals surface area (Å²) in [5, 5.41) is 6.53. The van der Waals surface area contributed by atoms with Crippen LogP contribution in [0, 0.1) is 0 Å². The zero-order valence-electron chi connectivity index (χ0n) is 12.2. The molecule has 118 valence electrons. The lowest BCUT2D eigenvalue weighted by Gasteiger charge is -2.18. The average molecular weight is 341 g/mol. The van der Waals surface area contributed by atoms with Gasteiger partial charge in [-0.25, -0.2) is 0 Å². The number of carbonyl (C=O) groups excluding carboxylic acids is 1. The van der Waals surface area contributed by atoms with Crippen molar-refractivity contribution >= 4 is 34.9 Å². The molecule has 0 aliphatic heterocycles. The normalized spacial score (nSPS) is 14.5. The Labute approximate surface area is 137 Å². The van der Waals surface area contributed by atoms with E-state index in [9.17, 15) is 4.79 Å². The van der Waals surface area contributed by atoms with Crippen LogP contribution in [0.4, 0.5) is 6.01 Å². The molecule has 1 aliphatic rings. The Bertz CT molecular complexity index is 653. The number of amides is 1. The van der Waals surface area contributed by atoms with Gasteiger partial charge in [0.15, 0.2) is 5.82 Å². The van der Waals surface area contributed by atoms with E-state index < -0.39 is 0 Å². The molecule has 6 nitrogen and oxygen atoms in total. The molecule has 0 atom stereocenters. The molecule has 0 spiro atoms. The van der Waals surface area contributed by atoms with Gasteiger partial charge in [-0.3, -0.25) is 15.0 Å². The van der Waals surface area contributed by atoms with Crippen molar-refractivity contribution in [1.82, 2.24) is 15.0 Å². The molecule has 2 aromatic heterocycles. The van der Waals surface area contributed by atoms with Gasteiger partial charge >= 0.3 is 6.01 Å².